The molecule has 1 amide bonds. The van der Waals surface area contributed by atoms with Crippen molar-refractivity contribution in [3.63, 3.8) is 0 Å². The zero-order chi connectivity index (χ0) is 18.9. The summed E-state index contributed by atoms with van der Waals surface area (Å²) in [5.74, 6) is 0.323. The van der Waals surface area contributed by atoms with Crippen molar-refractivity contribution in [3.8, 4) is 11.4 Å². The molecule has 26 heavy (non-hydrogen) atoms. The number of amides is 1. The minimum absolute atomic E-state index is 0.0883. The molecule has 8 heteroatoms. The third-order valence-electron chi connectivity index (χ3n) is 5.08. The fourth-order valence-electron chi connectivity index (χ4n) is 3.14. The Hall–Kier alpha value is -1.83. The van der Waals surface area contributed by atoms with Gasteiger partial charge in [-0.25, -0.2) is 14.2 Å². The van der Waals surface area contributed by atoms with E-state index in [2.05, 4.69) is 14.3 Å². The normalized spacial score (nSPS) is 24.4. The molecule has 138 valence electrons. The van der Waals surface area contributed by atoms with E-state index in [4.69, 9.17) is 17.3 Å². The number of hydrogen-bond acceptors (Lipinski definition) is 5. The maximum absolute atomic E-state index is 13.2. The molecule has 0 spiro atoms. The maximum Gasteiger partial charge on any atom is 0.288 e. The fraction of sp³-hybridized carbons (Fsp3) is 0.389. The van der Waals surface area contributed by atoms with Gasteiger partial charge in [-0.05, 0) is 44.9 Å². The van der Waals surface area contributed by atoms with Gasteiger partial charge < -0.3 is 5.73 Å². The summed E-state index contributed by atoms with van der Waals surface area (Å²) in [5.41, 5.74) is 6.66. The van der Waals surface area contributed by atoms with Gasteiger partial charge >= 0.3 is 0 Å². The average Bonchev–Trinajstić information content (AvgIpc) is 2.84. The van der Waals surface area contributed by atoms with E-state index >= 15 is 0 Å². The third kappa shape index (κ3) is 3.26. The van der Waals surface area contributed by atoms with E-state index in [1.165, 1.54) is 12.4 Å². The first-order valence-electron chi connectivity index (χ1n) is 8.34. The number of nitrogens with two attached hydrogens (primary N) is 1. The molecule has 0 bridgehead atoms. The number of nitrogens with zero attached hydrogens (tertiary/aromatic N) is 3. The van der Waals surface area contributed by atoms with Crippen molar-refractivity contribution in [2.45, 2.75) is 25.0 Å². The first kappa shape index (κ1) is 18.9. The predicted molar refractivity (Wildman–Crippen MR) is 103 cm³/mol. The van der Waals surface area contributed by atoms with Crippen molar-refractivity contribution in [1.29, 1.82) is 0 Å². The standard InChI is InChI=1S/C18H21ClN4O2S/c1-18(2)13(9-20)7-8-26(18,25)23-17(24)12-10-21-16(22-11-12)14-5-3-4-6-15(14)19/h3-6,10-11,13H,7-9,20H2,1-2H3. The lowest BCUT2D eigenvalue weighted by molar-refractivity contribution is 0.100. The zero-order valence-electron chi connectivity index (χ0n) is 14.7. The van der Waals surface area contributed by atoms with Crippen molar-refractivity contribution in [1.82, 2.24) is 9.97 Å². The number of rotatable bonds is 3. The zero-order valence-corrected chi connectivity index (χ0v) is 16.3. The molecule has 1 aromatic carbocycles. The highest BCUT2D eigenvalue weighted by Gasteiger charge is 2.45. The SMILES string of the molecule is CC1(C)C(CN)CCS1(=O)=NC(=O)c1cnc(-c2ccccc2Cl)nc1. The number of aromatic nitrogens is 2. The van der Waals surface area contributed by atoms with Crippen LogP contribution < -0.4 is 5.73 Å². The molecule has 1 aliphatic heterocycles. The molecule has 2 heterocycles. The quantitative estimate of drug-likeness (QED) is 0.864. The Balaban J connectivity index is 1.90. The minimum atomic E-state index is -2.69. The van der Waals surface area contributed by atoms with Gasteiger partial charge in [0.2, 0.25) is 0 Å². The highest BCUT2D eigenvalue weighted by molar-refractivity contribution is 7.95. The molecule has 2 atom stereocenters. The van der Waals surface area contributed by atoms with Crippen molar-refractivity contribution in [2.75, 3.05) is 12.3 Å². The molecule has 0 saturated carbocycles. The van der Waals surface area contributed by atoms with Crippen molar-refractivity contribution < 1.29 is 9.00 Å². The van der Waals surface area contributed by atoms with Crippen LogP contribution in [-0.2, 0) is 9.73 Å². The summed E-state index contributed by atoms with van der Waals surface area (Å²) in [4.78, 5) is 20.9. The van der Waals surface area contributed by atoms with E-state index in [-0.39, 0.29) is 11.5 Å². The van der Waals surface area contributed by atoms with Crippen molar-refractivity contribution >= 4 is 27.2 Å². The number of halogens is 1. The van der Waals surface area contributed by atoms with Crippen LogP contribution in [0.25, 0.3) is 11.4 Å². The Morgan fingerprint density at radius 3 is 2.58 bits per heavy atom. The number of benzene rings is 1. The molecule has 1 saturated heterocycles. The number of hydrogen-bond donors (Lipinski definition) is 1. The van der Waals surface area contributed by atoms with E-state index in [0.29, 0.717) is 35.1 Å². The summed E-state index contributed by atoms with van der Waals surface area (Å²) in [6.45, 7) is 4.17. The summed E-state index contributed by atoms with van der Waals surface area (Å²) >= 11 is 6.14. The molecular formula is C18H21ClN4O2S. The molecule has 0 radical (unpaired) electrons. The molecule has 1 fully saturated rings. The molecule has 1 aromatic heterocycles. The van der Waals surface area contributed by atoms with Crippen LogP contribution in [-0.4, -0.2) is 37.1 Å². The van der Waals surface area contributed by atoms with Crippen LogP contribution in [0.4, 0.5) is 0 Å². The van der Waals surface area contributed by atoms with Crippen LogP contribution in [0, 0.1) is 5.92 Å². The molecule has 2 N–H and O–H groups in total. The topological polar surface area (TPSA) is 98.3 Å². The highest BCUT2D eigenvalue weighted by atomic mass is 35.5. The Morgan fingerprint density at radius 2 is 2.00 bits per heavy atom. The molecule has 2 aromatic rings. The fourth-order valence-corrected chi connectivity index (χ4v) is 5.93. The third-order valence-corrected chi connectivity index (χ3v) is 8.63. The van der Waals surface area contributed by atoms with Crippen LogP contribution in [0.3, 0.4) is 0 Å². The second kappa shape index (κ2) is 7.06. The molecule has 3 rings (SSSR count). The summed E-state index contributed by atoms with van der Waals surface area (Å²) in [7, 11) is -2.69. The summed E-state index contributed by atoms with van der Waals surface area (Å²) in [5, 5.41) is 0.528. The van der Waals surface area contributed by atoms with Gasteiger partial charge in [-0.15, -0.1) is 0 Å². The van der Waals surface area contributed by atoms with Crippen LogP contribution >= 0.6 is 11.6 Å². The number of carbonyl (C=O) groups excluding carboxylic acids is 1. The molecule has 1 aliphatic rings. The van der Waals surface area contributed by atoms with E-state index < -0.39 is 20.4 Å². The Kier molecular flexibility index (Phi) is 5.14. The van der Waals surface area contributed by atoms with E-state index in [0.717, 1.165) is 0 Å². The lowest BCUT2D eigenvalue weighted by Crippen LogP contribution is -2.37. The lowest BCUT2D eigenvalue weighted by Gasteiger charge is -2.27. The van der Waals surface area contributed by atoms with Crippen LogP contribution in [0.15, 0.2) is 41.0 Å². The maximum atomic E-state index is 13.2. The molecule has 6 nitrogen and oxygen atoms in total. The summed E-state index contributed by atoms with van der Waals surface area (Å²) < 4.78 is 16.7. The second-order valence-corrected chi connectivity index (χ2v) is 10.2. The number of carbonyl (C=O) groups is 1. The van der Waals surface area contributed by atoms with Gasteiger partial charge in [0.15, 0.2) is 5.82 Å². The summed E-state index contributed by atoms with van der Waals surface area (Å²) in [6.07, 6.45) is 3.49. The monoisotopic (exact) mass is 392 g/mol. The van der Waals surface area contributed by atoms with Gasteiger partial charge in [0.25, 0.3) is 5.91 Å². The summed E-state index contributed by atoms with van der Waals surface area (Å²) in [6, 6.07) is 7.19. The van der Waals surface area contributed by atoms with Gasteiger partial charge in [-0.3, -0.25) is 4.79 Å². The largest absolute Gasteiger partial charge is 0.330 e. The van der Waals surface area contributed by atoms with E-state index in [1.807, 2.05) is 26.0 Å². The molecular weight excluding hydrogens is 372 g/mol. The lowest BCUT2D eigenvalue weighted by atomic mass is 9.93. The first-order valence-corrected chi connectivity index (χ1v) is 10.4. The Bertz CT molecular complexity index is 950. The van der Waals surface area contributed by atoms with Gasteiger partial charge in [0.05, 0.1) is 25.1 Å². The van der Waals surface area contributed by atoms with Crippen molar-refractivity contribution in [3.05, 3.63) is 47.2 Å². The smallest absolute Gasteiger partial charge is 0.288 e. The second-order valence-electron chi connectivity index (χ2n) is 6.84. The Labute approximate surface area is 158 Å². The average molecular weight is 393 g/mol. The van der Waals surface area contributed by atoms with Crippen LogP contribution in [0.1, 0.15) is 30.6 Å². The van der Waals surface area contributed by atoms with Crippen LogP contribution in [0.2, 0.25) is 5.02 Å². The Morgan fingerprint density at radius 1 is 1.35 bits per heavy atom. The molecule has 2 unspecified atom stereocenters. The van der Waals surface area contributed by atoms with Gasteiger partial charge in [-0.2, -0.15) is 4.36 Å². The van der Waals surface area contributed by atoms with E-state index in [1.54, 1.807) is 12.1 Å². The van der Waals surface area contributed by atoms with Crippen LogP contribution in [0.5, 0.6) is 0 Å². The van der Waals surface area contributed by atoms with Gasteiger partial charge in [0.1, 0.15) is 0 Å². The van der Waals surface area contributed by atoms with Gasteiger partial charge in [-0.1, -0.05) is 23.7 Å². The minimum Gasteiger partial charge on any atom is -0.330 e. The van der Waals surface area contributed by atoms with Gasteiger partial charge in [0, 0.05) is 23.7 Å². The highest BCUT2D eigenvalue weighted by Crippen LogP contribution is 2.38. The molecule has 0 aliphatic carbocycles. The van der Waals surface area contributed by atoms with E-state index in [9.17, 15) is 9.00 Å². The van der Waals surface area contributed by atoms with Crippen molar-refractivity contribution in [2.24, 2.45) is 16.0 Å². The first-order chi connectivity index (χ1) is 12.3. The predicted octanol–water partition coefficient (Wildman–Crippen LogP) is 3.16.